The van der Waals surface area contributed by atoms with Crippen LogP contribution in [0.5, 0.6) is 0 Å². The highest BCUT2D eigenvalue weighted by Gasteiger charge is 2.29. The summed E-state index contributed by atoms with van der Waals surface area (Å²) < 4.78 is 29.2. The molecule has 1 aliphatic heterocycles. The van der Waals surface area contributed by atoms with Gasteiger partial charge in [0.2, 0.25) is 23.6 Å². The number of hydrogen-bond acceptors (Lipinski definition) is 11. The quantitative estimate of drug-likeness (QED) is 0.0946. The predicted octanol–water partition coefficient (Wildman–Crippen LogP) is 2.58. The van der Waals surface area contributed by atoms with Crippen molar-refractivity contribution in [1.29, 1.82) is 0 Å². The number of anilines is 1. The lowest BCUT2D eigenvalue weighted by atomic mass is 10.0. The zero-order valence-corrected chi connectivity index (χ0v) is 32.1. The maximum absolute atomic E-state index is 12.8. The second-order valence-electron chi connectivity index (χ2n) is 13.6. The van der Waals surface area contributed by atoms with Gasteiger partial charge in [-0.05, 0) is 35.4 Å². The Morgan fingerprint density at radius 3 is 1.96 bits per heavy atom. The van der Waals surface area contributed by atoms with Crippen LogP contribution < -0.4 is 16.0 Å². The van der Waals surface area contributed by atoms with Crippen LogP contribution in [-0.4, -0.2) is 96.6 Å². The first-order valence-electron chi connectivity index (χ1n) is 17.1. The molecule has 0 saturated carbocycles. The van der Waals surface area contributed by atoms with E-state index in [0.29, 0.717) is 11.3 Å². The molecule has 1 aliphatic rings. The van der Waals surface area contributed by atoms with Gasteiger partial charge < -0.3 is 34.6 Å². The third-order valence-corrected chi connectivity index (χ3v) is 8.88. The Hall–Kier alpha value is -4.40. The van der Waals surface area contributed by atoms with Crippen molar-refractivity contribution in [1.82, 2.24) is 20.4 Å². The molecule has 0 fully saturated rings. The van der Waals surface area contributed by atoms with Crippen LogP contribution in [-0.2, 0) is 58.5 Å². The van der Waals surface area contributed by atoms with Crippen molar-refractivity contribution < 1.29 is 51.9 Å². The summed E-state index contributed by atoms with van der Waals surface area (Å²) in [7, 11) is 0.246. The predicted molar refractivity (Wildman–Crippen MR) is 191 cm³/mol. The van der Waals surface area contributed by atoms with E-state index in [4.69, 9.17) is 13.8 Å². The molecular weight excluding hydrogens is 697 g/mol. The molecule has 6 amide bonds. The Bertz CT molecular complexity index is 1480. The SMILES string of the molecule is CC(C)C(NC(=O)CCN1C(=O)C=CC1=O)C(=O)NCC(=O)Nc1ccc(CO[PH](=O)O[C@@H](CC(=O)O[C@@H](CC(=O)N(C)C)C(C)C)C(C)C)cc1. The van der Waals surface area contributed by atoms with Gasteiger partial charge in [0.15, 0.2) is 0 Å². The lowest BCUT2D eigenvalue weighted by Crippen LogP contribution is -2.51. The Morgan fingerprint density at radius 1 is 0.827 bits per heavy atom. The highest BCUT2D eigenvalue weighted by atomic mass is 31.1. The van der Waals surface area contributed by atoms with Crippen LogP contribution in [0, 0.1) is 17.8 Å². The minimum absolute atomic E-state index is 0.0536. The Labute approximate surface area is 305 Å². The standard InChI is InChI=1S/C35H52N5O11P/c1-21(2)26(17-32(45)39(7)8)50-33(46)18-27(22(3)4)51-52(48)49-20-24-9-11-25(12-10-24)37-29(42)19-36-35(47)34(23(5)6)38-28(41)15-16-40-30(43)13-14-31(40)44/h9-14,21-23,26-27,34,52H,15-20H2,1-8H3,(H,36,47)(H,37,42)(H,38,41)/t26-,27-,34?/m0/s1. The maximum atomic E-state index is 12.8. The average molecular weight is 750 g/mol. The molecule has 16 nitrogen and oxygen atoms in total. The van der Waals surface area contributed by atoms with Crippen LogP contribution in [0.15, 0.2) is 36.4 Å². The first kappa shape index (κ1) is 43.8. The van der Waals surface area contributed by atoms with Crippen molar-refractivity contribution in [3.05, 3.63) is 42.0 Å². The molecule has 0 saturated heterocycles. The van der Waals surface area contributed by atoms with E-state index in [9.17, 15) is 38.1 Å². The molecule has 3 N–H and O–H groups in total. The molecule has 0 bridgehead atoms. The van der Waals surface area contributed by atoms with E-state index in [1.165, 1.54) is 4.90 Å². The number of benzene rings is 1. The summed E-state index contributed by atoms with van der Waals surface area (Å²) in [6.07, 6.45) is 0.604. The van der Waals surface area contributed by atoms with Crippen LogP contribution in [0.2, 0.25) is 0 Å². The largest absolute Gasteiger partial charge is 0.461 e. The van der Waals surface area contributed by atoms with E-state index in [1.54, 1.807) is 52.2 Å². The van der Waals surface area contributed by atoms with Crippen LogP contribution >= 0.6 is 8.25 Å². The second-order valence-corrected chi connectivity index (χ2v) is 14.6. The Balaban J connectivity index is 1.80. The van der Waals surface area contributed by atoms with E-state index >= 15 is 0 Å². The molecule has 4 atom stereocenters. The number of rotatable bonds is 21. The topological polar surface area (TPSA) is 207 Å². The fourth-order valence-corrected chi connectivity index (χ4v) is 5.63. The zero-order valence-electron chi connectivity index (χ0n) is 31.1. The zero-order chi connectivity index (χ0) is 39.1. The number of hydrogen-bond donors (Lipinski definition) is 3. The maximum Gasteiger partial charge on any atom is 0.319 e. The molecule has 52 heavy (non-hydrogen) atoms. The fraction of sp³-hybridized carbons (Fsp3) is 0.571. The molecule has 0 spiro atoms. The van der Waals surface area contributed by atoms with Crippen LogP contribution in [0.25, 0.3) is 0 Å². The van der Waals surface area contributed by atoms with Crippen molar-refractivity contribution in [2.24, 2.45) is 17.8 Å². The molecule has 0 aliphatic carbocycles. The summed E-state index contributed by atoms with van der Waals surface area (Å²) in [5, 5.41) is 7.74. The van der Waals surface area contributed by atoms with Gasteiger partial charge in [0.05, 0.1) is 32.1 Å². The lowest BCUT2D eigenvalue weighted by molar-refractivity contribution is -0.156. The molecule has 1 aromatic carbocycles. The number of imide groups is 1. The van der Waals surface area contributed by atoms with Gasteiger partial charge >= 0.3 is 14.2 Å². The van der Waals surface area contributed by atoms with Gasteiger partial charge in [-0.15, -0.1) is 0 Å². The van der Waals surface area contributed by atoms with E-state index in [-0.39, 0.29) is 62.6 Å². The number of carbonyl (C=O) groups is 7. The van der Waals surface area contributed by atoms with Gasteiger partial charge in [0.25, 0.3) is 11.8 Å². The smallest absolute Gasteiger partial charge is 0.319 e. The molecule has 2 unspecified atom stereocenters. The van der Waals surface area contributed by atoms with Gasteiger partial charge in [-0.25, -0.2) is 0 Å². The monoisotopic (exact) mass is 749 g/mol. The summed E-state index contributed by atoms with van der Waals surface area (Å²) in [6.45, 7) is 10.2. The molecule has 2 rings (SSSR count). The highest BCUT2D eigenvalue weighted by Crippen LogP contribution is 2.32. The molecule has 1 aromatic rings. The normalized spacial score (nSPS) is 15.0. The molecular formula is C35H52N5O11P. The summed E-state index contributed by atoms with van der Waals surface area (Å²) in [4.78, 5) is 88.3. The summed E-state index contributed by atoms with van der Waals surface area (Å²) >= 11 is 0. The summed E-state index contributed by atoms with van der Waals surface area (Å²) in [6, 6.07) is 5.53. The molecule has 17 heteroatoms. The third-order valence-electron chi connectivity index (χ3n) is 8.01. The van der Waals surface area contributed by atoms with Gasteiger partial charge in [-0.3, -0.25) is 43.0 Å². The van der Waals surface area contributed by atoms with Gasteiger partial charge in [-0.1, -0.05) is 53.7 Å². The Morgan fingerprint density at radius 2 is 1.42 bits per heavy atom. The first-order chi connectivity index (χ1) is 24.4. The minimum Gasteiger partial charge on any atom is -0.461 e. The van der Waals surface area contributed by atoms with Crippen molar-refractivity contribution in [3.63, 3.8) is 0 Å². The van der Waals surface area contributed by atoms with Crippen LogP contribution in [0.4, 0.5) is 5.69 Å². The highest BCUT2D eigenvalue weighted by molar-refractivity contribution is 7.33. The molecule has 0 radical (unpaired) electrons. The Kier molecular flexibility index (Phi) is 17.8. The second kappa shape index (κ2) is 21.2. The summed E-state index contributed by atoms with van der Waals surface area (Å²) in [5.74, 6) is -3.96. The number of amides is 6. The molecule has 288 valence electrons. The molecule has 1 heterocycles. The number of nitrogens with zero attached hydrogens (tertiary/aromatic N) is 2. The van der Waals surface area contributed by atoms with E-state index in [0.717, 1.165) is 17.1 Å². The fourth-order valence-electron chi connectivity index (χ4n) is 4.67. The third kappa shape index (κ3) is 15.1. The summed E-state index contributed by atoms with van der Waals surface area (Å²) in [5.41, 5.74) is 1.05. The van der Waals surface area contributed by atoms with E-state index < -0.39 is 62.0 Å². The number of nitrogens with one attached hydrogen (secondary N) is 3. The number of esters is 1. The number of carbonyl (C=O) groups excluding carboxylic acids is 7. The van der Waals surface area contributed by atoms with E-state index in [2.05, 4.69) is 16.0 Å². The average Bonchev–Trinajstić information content (AvgIpc) is 3.39. The van der Waals surface area contributed by atoms with Crippen LogP contribution in [0.1, 0.15) is 66.4 Å². The van der Waals surface area contributed by atoms with Crippen molar-refractivity contribution >= 4 is 55.4 Å². The van der Waals surface area contributed by atoms with Gasteiger partial charge in [0.1, 0.15) is 12.1 Å². The minimum atomic E-state index is -3.01. The van der Waals surface area contributed by atoms with Gasteiger partial charge in [-0.2, -0.15) is 0 Å². The molecule has 0 aromatic heterocycles. The number of ether oxygens (including phenoxy) is 1. The van der Waals surface area contributed by atoms with Crippen molar-refractivity contribution in [2.75, 3.05) is 32.5 Å². The first-order valence-corrected chi connectivity index (χ1v) is 18.3. The van der Waals surface area contributed by atoms with Crippen molar-refractivity contribution in [2.45, 2.75) is 85.7 Å². The van der Waals surface area contributed by atoms with Crippen molar-refractivity contribution in [3.8, 4) is 0 Å². The van der Waals surface area contributed by atoms with Gasteiger partial charge in [0, 0.05) is 44.9 Å². The lowest BCUT2D eigenvalue weighted by Gasteiger charge is -2.25. The van der Waals surface area contributed by atoms with Crippen LogP contribution in [0.3, 0.4) is 0 Å². The van der Waals surface area contributed by atoms with E-state index in [1.807, 2.05) is 27.7 Å².